The Morgan fingerprint density at radius 1 is 1.00 bits per heavy atom. The predicted molar refractivity (Wildman–Crippen MR) is 122 cm³/mol. The van der Waals surface area contributed by atoms with E-state index in [2.05, 4.69) is 39.4 Å². The molecular weight excluding hydrogens is 376 g/mol. The number of urea groups is 1. The monoisotopic (exact) mass is 414 g/mol. The van der Waals surface area contributed by atoms with E-state index >= 15 is 0 Å². The fourth-order valence-corrected chi connectivity index (χ4v) is 4.56. The van der Waals surface area contributed by atoms with Crippen molar-refractivity contribution in [2.45, 2.75) is 52.0 Å². The van der Waals surface area contributed by atoms with E-state index in [4.69, 9.17) is 0 Å². The first kappa shape index (κ1) is 22.4. The lowest BCUT2D eigenvalue weighted by Gasteiger charge is -2.39. The molecule has 2 aliphatic rings. The van der Waals surface area contributed by atoms with Crippen LogP contribution in [0.25, 0.3) is 0 Å². The number of amides is 3. The minimum absolute atomic E-state index is 0.0167. The van der Waals surface area contributed by atoms with Gasteiger partial charge < -0.3 is 20.0 Å². The molecule has 1 N–H and O–H groups in total. The van der Waals surface area contributed by atoms with Crippen LogP contribution in [0.4, 0.5) is 10.5 Å². The van der Waals surface area contributed by atoms with Crippen LogP contribution in [0.15, 0.2) is 30.3 Å². The number of carbonyl (C=O) groups is 2. The zero-order valence-electron chi connectivity index (χ0n) is 19.1. The number of nitrogens with one attached hydrogen (secondary N) is 1. The number of piperazine rings is 1. The molecule has 2 fully saturated rings. The summed E-state index contributed by atoms with van der Waals surface area (Å²) in [5.74, 6) is 0.970. The Hall–Kier alpha value is -2.24. The van der Waals surface area contributed by atoms with E-state index in [9.17, 15) is 9.59 Å². The second kappa shape index (κ2) is 9.71. The van der Waals surface area contributed by atoms with Gasteiger partial charge in [0.25, 0.3) is 0 Å². The van der Waals surface area contributed by atoms with Gasteiger partial charge in [-0.1, -0.05) is 18.2 Å². The van der Waals surface area contributed by atoms with Crippen molar-refractivity contribution in [3.63, 3.8) is 0 Å². The van der Waals surface area contributed by atoms with Gasteiger partial charge in [0.1, 0.15) is 0 Å². The summed E-state index contributed by atoms with van der Waals surface area (Å²) in [5, 5.41) is 3.02. The molecule has 1 saturated heterocycles. The van der Waals surface area contributed by atoms with Gasteiger partial charge in [0.2, 0.25) is 5.91 Å². The molecule has 3 amide bonds. The minimum Gasteiger partial charge on any atom is -0.368 e. The molecule has 0 spiro atoms. The molecule has 3 rings (SSSR count). The van der Waals surface area contributed by atoms with Crippen LogP contribution in [0.1, 0.15) is 46.5 Å². The highest BCUT2D eigenvalue weighted by molar-refractivity contribution is 5.79. The SMILES string of the molecule is CN(CC1CCC(C(=O)N2CCN(c3ccccc3)CC2)CC1)C(=O)NC(C)(C)C. The smallest absolute Gasteiger partial charge is 0.317 e. The molecule has 0 bridgehead atoms. The van der Waals surface area contributed by atoms with E-state index in [0.717, 1.165) is 58.4 Å². The fraction of sp³-hybridized carbons (Fsp3) is 0.667. The van der Waals surface area contributed by atoms with Crippen molar-refractivity contribution >= 4 is 17.6 Å². The first-order chi connectivity index (χ1) is 14.2. The molecule has 1 aromatic rings. The highest BCUT2D eigenvalue weighted by atomic mass is 16.2. The van der Waals surface area contributed by atoms with Crippen LogP contribution in [-0.4, -0.2) is 67.0 Å². The van der Waals surface area contributed by atoms with Crippen molar-refractivity contribution in [1.82, 2.24) is 15.1 Å². The molecular formula is C24H38N4O2. The predicted octanol–water partition coefficient (Wildman–Crippen LogP) is 3.58. The van der Waals surface area contributed by atoms with E-state index in [1.165, 1.54) is 5.69 Å². The Bertz CT molecular complexity index is 700. The number of nitrogens with zero attached hydrogens (tertiary/aromatic N) is 3. The summed E-state index contributed by atoms with van der Waals surface area (Å²) in [7, 11) is 1.87. The summed E-state index contributed by atoms with van der Waals surface area (Å²) in [6.45, 7) is 10.2. The zero-order valence-corrected chi connectivity index (χ0v) is 19.1. The van der Waals surface area contributed by atoms with E-state index in [1.54, 1.807) is 4.90 Å². The third kappa shape index (κ3) is 6.13. The summed E-state index contributed by atoms with van der Waals surface area (Å²) in [6, 6.07) is 10.4. The molecule has 0 aromatic heterocycles. The van der Waals surface area contributed by atoms with Crippen LogP contribution < -0.4 is 10.2 Å². The van der Waals surface area contributed by atoms with Gasteiger partial charge in [0, 0.05) is 56.9 Å². The molecule has 1 heterocycles. The Morgan fingerprint density at radius 3 is 2.17 bits per heavy atom. The van der Waals surface area contributed by atoms with E-state index in [0.29, 0.717) is 11.8 Å². The maximum atomic E-state index is 13.0. The summed E-state index contributed by atoms with van der Waals surface area (Å²) in [6.07, 6.45) is 3.93. The van der Waals surface area contributed by atoms with Gasteiger partial charge in [0.15, 0.2) is 0 Å². The highest BCUT2D eigenvalue weighted by Crippen LogP contribution is 2.31. The molecule has 1 aliphatic heterocycles. The number of benzene rings is 1. The van der Waals surface area contributed by atoms with Crippen molar-refractivity contribution < 1.29 is 9.59 Å². The molecule has 1 aromatic carbocycles. The number of carbonyl (C=O) groups excluding carboxylic acids is 2. The van der Waals surface area contributed by atoms with Crippen molar-refractivity contribution in [3.8, 4) is 0 Å². The normalized spacial score (nSPS) is 22.5. The number of para-hydroxylation sites is 1. The number of hydrogen-bond donors (Lipinski definition) is 1. The van der Waals surface area contributed by atoms with E-state index in [-0.39, 0.29) is 17.5 Å². The summed E-state index contributed by atoms with van der Waals surface area (Å²) >= 11 is 0. The van der Waals surface area contributed by atoms with Crippen molar-refractivity contribution in [2.75, 3.05) is 44.7 Å². The van der Waals surface area contributed by atoms with Crippen molar-refractivity contribution in [1.29, 1.82) is 0 Å². The Balaban J connectivity index is 1.41. The molecule has 0 unspecified atom stereocenters. The number of hydrogen-bond acceptors (Lipinski definition) is 3. The molecule has 166 valence electrons. The highest BCUT2D eigenvalue weighted by Gasteiger charge is 2.32. The average Bonchev–Trinajstić information content (AvgIpc) is 2.73. The van der Waals surface area contributed by atoms with E-state index < -0.39 is 0 Å². The van der Waals surface area contributed by atoms with Crippen LogP contribution in [0.2, 0.25) is 0 Å². The number of rotatable bonds is 4. The lowest BCUT2D eigenvalue weighted by Crippen LogP contribution is -2.51. The van der Waals surface area contributed by atoms with Gasteiger partial charge in [-0.25, -0.2) is 4.79 Å². The lowest BCUT2D eigenvalue weighted by atomic mass is 9.81. The third-order valence-electron chi connectivity index (χ3n) is 6.27. The van der Waals surface area contributed by atoms with E-state index in [1.807, 2.05) is 33.9 Å². The fourth-order valence-electron chi connectivity index (χ4n) is 4.56. The Kier molecular flexibility index (Phi) is 7.27. The summed E-state index contributed by atoms with van der Waals surface area (Å²) in [4.78, 5) is 31.5. The van der Waals surface area contributed by atoms with Crippen LogP contribution >= 0.6 is 0 Å². The maximum absolute atomic E-state index is 13.0. The first-order valence-electron chi connectivity index (χ1n) is 11.3. The van der Waals surface area contributed by atoms with Gasteiger partial charge in [-0.15, -0.1) is 0 Å². The Morgan fingerprint density at radius 2 is 1.60 bits per heavy atom. The summed E-state index contributed by atoms with van der Waals surface area (Å²) in [5.41, 5.74) is 1.02. The lowest BCUT2D eigenvalue weighted by molar-refractivity contribution is -0.137. The van der Waals surface area contributed by atoms with Crippen LogP contribution in [-0.2, 0) is 4.79 Å². The third-order valence-corrected chi connectivity index (χ3v) is 6.27. The molecule has 0 atom stereocenters. The summed E-state index contributed by atoms with van der Waals surface area (Å²) < 4.78 is 0. The molecule has 6 nitrogen and oxygen atoms in total. The number of anilines is 1. The quantitative estimate of drug-likeness (QED) is 0.819. The minimum atomic E-state index is -0.222. The standard InChI is InChI=1S/C24H38N4O2/c1-24(2,3)25-23(30)26(4)18-19-10-12-20(13-11-19)22(29)28-16-14-27(15-17-28)21-8-6-5-7-9-21/h5-9,19-20H,10-18H2,1-4H3,(H,25,30). The van der Waals surface area contributed by atoms with Crippen LogP contribution in [0.3, 0.4) is 0 Å². The van der Waals surface area contributed by atoms with Gasteiger partial charge in [0.05, 0.1) is 0 Å². The molecule has 1 saturated carbocycles. The topological polar surface area (TPSA) is 55.9 Å². The average molecular weight is 415 g/mol. The second-order valence-electron chi connectivity index (χ2n) is 9.93. The molecule has 0 radical (unpaired) electrons. The second-order valence-corrected chi connectivity index (χ2v) is 9.93. The first-order valence-corrected chi connectivity index (χ1v) is 11.3. The largest absolute Gasteiger partial charge is 0.368 e. The van der Waals surface area contributed by atoms with Gasteiger partial charge in [-0.05, 0) is 64.5 Å². The maximum Gasteiger partial charge on any atom is 0.317 e. The van der Waals surface area contributed by atoms with Crippen LogP contribution in [0, 0.1) is 11.8 Å². The van der Waals surface area contributed by atoms with Crippen LogP contribution in [0.5, 0.6) is 0 Å². The van der Waals surface area contributed by atoms with Gasteiger partial charge in [-0.3, -0.25) is 4.79 Å². The zero-order chi connectivity index (χ0) is 21.7. The molecule has 1 aliphatic carbocycles. The van der Waals surface area contributed by atoms with Gasteiger partial charge >= 0.3 is 6.03 Å². The molecule has 6 heteroatoms. The molecule has 30 heavy (non-hydrogen) atoms. The van der Waals surface area contributed by atoms with Crippen molar-refractivity contribution in [3.05, 3.63) is 30.3 Å². The van der Waals surface area contributed by atoms with Gasteiger partial charge in [-0.2, -0.15) is 0 Å². The van der Waals surface area contributed by atoms with Crippen molar-refractivity contribution in [2.24, 2.45) is 11.8 Å². The Labute approximate surface area is 181 Å².